The molecule has 0 fully saturated rings. The molecule has 2 rings (SSSR count). The maximum atomic E-state index is 5.50. The molecule has 2 aromatic rings. The van der Waals surface area contributed by atoms with E-state index in [2.05, 4.69) is 20.5 Å². The number of hydrogen-bond acceptors (Lipinski definition) is 5. The summed E-state index contributed by atoms with van der Waals surface area (Å²) in [6.45, 7) is 0. The summed E-state index contributed by atoms with van der Waals surface area (Å²) in [5.74, 6) is 1.24. The van der Waals surface area contributed by atoms with E-state index in [9.17, 15) is 0 Å². The molecule has 5 nitrogen and oxygen atoms in total. The maximum absolute atomic E-state index is 5.50. The molecule has 0 aliphatic rings. The molecule has 0 radical (unpaired) electrons. The van der Waals surface area contributed by atoms with Gasteiger partial charge in [-0.25, -0.2) is 4.98 Å². The van der Waals surface area contributed by atoms with Crippen LogP contribution in [-0.2, 0) is 5.88 Å². The Morgan fingerprint density at radius 2 is 2.29 bits per heavy atom. The Morgan fingerprint density at radius 1 is 1.36 bits per heavy atom. The molecule has 72 valence electrons. The molecule has 0 aromatic carbocycles. The molecule has 1 N–H and O–H groups in total. The Morgan fingerprint density at radius 3 is 2.93 bits per heavy atom. The fourth-order valence-electron chi connectivity index (χ4n) is 0.904. The Hall–Kier alpha value is -1.62. The van der Waals surface area contributed by atoms with Gasteiger partial charge in [0.2, 0.25) is 5.89 Å². The van der Waals surface area contributed by atoms with Gasteiger partial charge >= 0.3 is 6.01 Å². The second-order valence-corrected chi connectivity index (χ2v) is 2.74. The third-order valence-corrected chi connectivity index (χ3v) is 1.71. The normalized spacial score (nSPS) is 10.1. The van der Waals surface area contributed by atoms with Gasteiger partial charge in [0.05, 0.1) is 0 Å². The lowest BCUT2D eigenvalue weighted by atomic mass is 10.5. The van der Waals surface area contributed by atoms with Gasteiger partial charge in [0.25, 0.3) is 0 Å². The van der Waals surface area contributed by atoms with Crippen molar-refractivity contribution in [3.63, 3.8) is 0 Å². The number of nitrogens with one attached hydrogen (secondary N) is 1. The quantitative estimate of drug-likeness (QED) is 0.785. The first-order valence-electron chi connectivity index (χ1n) is 3.95. The van der Waals surface area contributed by atoms with Gasteiger partial charge in [-0.3, -0.25) is 5.32 Å². The van der Waals surface area contributed by atoms with Crippen molar-refractivity contribution in [2.24, 2.45) is 0 Å². The second kappa shape index (κ2) is 4.06. The van der Waals surface area contributed by atoms with Crippen LogP contribution in [0.5, 0.6) is 0 Å². The Balaban J connectivity index is 2.11. The summed E-state index contributed by atoms with van der Waals surface area (Å²) < 4.78 is 5.13. The molecule has 0 amide bonds. The number of halogens is 1. The Kier molecular flexibility index (Phi) is 2.60. The zero-order valence-corrected chi connectivity index (χ0v) is 7.90. The molecule has 14 heavy (non-hydrogen) atoms. The van der Waals surface area contributed by atoms with Crippen LogP contribution in [-0.4, -0.2) is 15.2 Å². The van der Waals surface area contributed by atoms with Crippen LogP contribution in [0.15, 0.2) is 28.8 Å². The highest BCUT2D eigenvalue weighted by Gasteiger charge is 2.04. The molecule has 0 bridgehead atoms. The fraction of sp³-hybridized carbons (Fsp3) is 0.125. The van der Waals surface area contributed by atoms with Gasteiger partial charge in [0, 0.05) is 6.20 Å². The number of hydrogen-bond donors (Lipinski definition) is 1. The van der Waals surface area contributed by atoms with E-state index in [4.69, 9.17) is 16.0 Å². The fourth-order valence-corrected chi connectivity index (χ4v) is 1.01. The molecule has 0 spiro atoms. The molecule has 0 saturated heterocycles. The first-order chi connectivity index (χ1) is 6.88. The number of rotatable bonds is 3. The van der Waals surface area contributed by atoms with Crippen molar-refractivity contribution in [1.29, 1.82) is 0 Å². The third kappa shape index (κ3) is 2.00. The minimum absolute atomic E-state index is 0.205. The molecular formula is C8H7ClN4O. The molecule has 2 aromatic heterocycles. The Bertz CT molecular complexity index is 403. The minimum Gasteiger partial charge on any atom is -0.407 e. The van der Waals surface area contributed by atoms with Crippen LogP contribution >= 0.6 is 11.6 Å². The van der Waals surface area contributed by atoms with E-state index in [-0.39, 0.29) is 5.88 Å². The van der Waals surface area contributed by atoms with E-state index in [1.165, 1.54) is 0 Å². The van der Waals surface area contributed by atoms with Gasteiger partial charge in [0.15, 0.2) is 0 Å². The summed E-state index contributed by atoms with van der Waals surface area (Å²) in [6, 6.07) is 5.77. The average Bonchev–Trinajstić information content (AvgIpc) is 2.67. The van der Waals surface area contributed by atoms with Crippen LogP contribution < -0.4 is 5.32 Å². The van der Waals surface area contributed by atoms with Crippen LogP contribution in [0.2, 0.25) is 0 Å². The first-order valence-corrected chi connectivity index (χ1v) is 4.48. The second-order valence-electron chi connectivity index (χ2n) is 2.47. The lowest BCUT2D eigenvalue weighted by molar-refractivity contribution is 0.530. The molecular weight excluding hydrogens is 204 g/mol. The number of aromatic nitrogens is 3. The highest BCUT2D eigenvalue weighted by Crippen LogP contribution is 2.12. The molecule has 0 aliphatic carbocycles. The van der Waals surface area contributed by atoms with Gasteiger partial charge in [-0.1, -0.05) is 11.2 Å². The van der Waals surface area contributed by atoms with E-state index in [1.54, 1.807) is 12.3 Å². The summed E-state index contributed by atoms with van der Waals surface area (Å²) in [5, 5.41) is 10.3. The molecule has 0 unspecified atom stereocenters. The first kappa shape index (κ1) is 8.96. The maximum Gasteiger partial charge on any atom is 0.321 e. The SMILES string of the molecule is ClCc1nnc(Nc2ccccn2)o1. The summed E-state index contributed by atoms with van der Waals surface area (Å²) in [7, 11) is 0. The zero-order chi connectivity index (χ0) is 9.80. The topological polar surface area (TPSA) is 63.8 Å². The standard InChI is InChI=1S/C8H7ClN4O/c9-5-7-12-13-8(14-7)11-6-3-1-2-4-10-6/h1-4H,5H2,(H,10,11,13). The lowest BCUT2D eigenvalue weighted by Crippen LogP contribution is -1.92. The summed E-state index contributed by atoms with van der Waals surface area (Å²) >= 11 is 5.50. The highest BCUT2D eigenvalue weighted by molar-refractivity contribution is 6.16. The summed E-state index contributed by atoms with van der Waals surface area (Å²) in [4.78, 5) is 4.04. The zero-order valence-electron chi connectivity index (χ0n) is 7.14. The van der Waals surface area contributed by atoms with Crippen LogP contribution in [0.4, 0.5) is 11.8 Å². The summed E-state index contributed by atoms with van der Waals surface area (Å²) in [5.41, 5.74) is 0. The van der Waals surface area contributed by atoms with E-state index in [0.29, 0.717) is 17.7 Å². The van der Waals surface area contributed by atoms with E-state index in [0.717, 1.165) is 0 Å². The smallest absolute Gasteiger partial charge is 0.321 e. The number of nitrogens with zero attached hydrogens (tertiary/aromatic N) is 3. The Labute approximate surface area is 85.1 Å². The summed E-state index contributed by atoms with van der Waals surface area (Å²) in [6.07, 6.45) is 1.67. The largest absolute Gasteiger partial charge is 0.407 e. The number of alkyl halides is 1. The van der Waals surface area contributed by atoms with Gasteiger partial charge in [-0.05, 0) is 12.1 Å². The van der Waals surface area contributed by atoms with Crippen LogP contribution in [0.1, 0.15) is 5.89 Å². The van der Waals surface area contributed by atoms with Crippen molar-refractivity contribution >= 4 is 23.4 Å². The van der Waals surface area contributed by atoms with Crippen molar-refractivity contribution in [3.05, 3.63) is 30.3 Å². The van der Waals surface area contributed by atoms with E-state index >= 15 is 0 Å². The monoisotopic (exact) mass is 210 g/mol. The van der Waals surface area contributed by atoms with Gasteiger partial charge in [0.1, 0.15) is 11.7 Å². The van der Waals surface area contributed by atoms with Crippen LogP contribution in [0.3, 0.4) is 0 Å². The van der Waals surface area contributed by atoms with E-state index < -0.39 is 0 Å². The van der Waals surface area contributed by atoms with Crippen molar-refractivity contribution in [1.82, 2.24) is 15.2 Å². The molecule has 0 saturated carbocycles. The molecule has 0 aliphatic heterocycles. The van der Waals surface area contributed by atoms with Crippen molar-refractivity contribution in [2.45, 2.75) is 5.88 Å². The predicted molar refractivity (Wildman–Crippen MR) is 51.4 cm³/mol. The predicted octanol–water partition coefficient (Wildman–Crippen LogP) is 1.95. The van der Waals surface area contributed by atoms with Gasteiger partial charge in [-0.2, -0.15) is 0 Å². The number of anilines is 2. The molecule has 6 heteroatoms. The van der Waals surface area contributed by atoms with Crippen molar-refractivity contribution in [2.75, 3.05) is 5.32 Å². The van der Waals surface area contributed by atoms with Crippen molar-refractivity contribution < 1.29 is 4.42 Å². The van der Waals surface area contributed by atoms with Crippen LogP contribution in [0, 0.1) is 0 Å². The van der Waals surface area contributed by atoms with Crippen LogP contribution in [0.25, 0.3) is 0 Å². The molecule has 0 atom stereocenters. The van der Waals surface area contributed by atoms with E-state index in [1.807, 2.05) is 12.1 Å². The lowest BCUT2D eigenvalue weighted by Gasteiger charge is -1.97. The van der Waals surface area contributed by atoms with Gasteiger partial charge in [-0.15, -0.1) is 16.7 Å². The average molecular weight is 211 g/mol. The minimum atomic E-state index is 0.205. The van der Waals surface area contributed by atoms with Gasteiger partial charge < -0.3 is 4.42 Å². The third-order valence-electron chi connectivity index (χ3n) is 1.48. The van der Waals surface area contributed by atoms with Crippen molar-refractivity contribution in [3.8, 4) is 0 Å². The highest BCUT2D eigenvalue weighted by atomic mass is 35.5. The molecule has 2 heterocycles. The number of pyridine rings is 1.